The summed E-state index contributed by atoms with van der Waals surface area (Å²) < 4.78 is 26.4. The van der Waals surface area contributed by atoms with Crippen molar-refractivity contribution in [2.24, 2.45) is 5.92 Å². The summed E-state index contributed by atoms with van der Waals surface area (Å²) in [6.07, 6.45) is 7.28. The Hall–Kier alpha value is -1.49. The number of aromatic nitrogens is 4. The van der Waals surface area contributed by atoms with Crippen LogP contribution in [0.15, 0.2) is 6.20 Å². The molecular weight excluding hydrogens is 416 g/mol. The summed E-state index contributed by atoms with van der Waals surface area (Å²) in [6, 6.07) is -0.333. The molecule has 160 valence electrons. The SMILES string of the molecule is CC(c1nc(Cl)c2cnc(N[C@H]3CCN(S(C)(=O)=O)C[C@H]3O)nn12)C1CCCC1. The molecule has 2 aromatic rings. The number of piperidine rings is 1. The molecule has 29 heavy (non-hydrogen) atoms. The minimum atomic E-state index is -3.32. The molecule has 0 radical (unpaired) electrons. The lowest BCUT2D eigenvalue weighted by molar-refractivity contribution is 0.0950. The van der Waals surface area contributed by atoms with E-state index in [0.29, 0.717) is 35.5 Å². The Labute approximate surface area is 175 Å². The minimum Gasteiger partial charge on any atom is -0.390 e. The fraction of sp³-hybridized carbons (Fsp3) is 0.722. The molecule has 1 saturated heterocycles. The van der Waals surface area contributed by atoms with E-state index >= 15 is 0 Å². The van der Waals surface area contributed by atoms with Crippen LogP contribution in [0.3, 0.4) is 0 Å². The van der Waals surface area contributed by atoms with Crippen molar-refractivity contribution in [1.82, 2.24) is 23.9 Å². The molecule has 3 heterocycles. The van der Waals surface area contributed by atoms with Crippen LogP contribution in [0, 0.1) is 5.92 Å². The largest absolute Gasteiger partial charge is 0.390 e. The highest BCUT2D eigenvalue weighted by Crippen LogP contribution is 2.37. The molecule has 0 bridgehead atoms. The van der Waals surface area contributed by atoms with Gasteiger partial charge in [0.1, 0.15) is 11.3 Å². The Bertz CT molecular complexity index is 991. The number of hydrogen-bond donors (Lipinski definition) is 2. The van der Waals surface area contributed by atoms with Crippen LogP contribution >= 0.6 is 11.6 Å². The molecular formula is C18H27ClN6O3S. The Kier molecular flexibility index (Phi) is 5.71. The molecule has 2 aromatic heterocycles. The number of nitrogens with one attached hydrogen (secondary N) is 1. The van der Waals surface area contributed by atoms with Crippen LogP contribution in [0.4, 0.5) is 5.95 Å². The van der Waals surface area contributed by atoms with Gasteiger partial charge in [0.2, 0.25) is 16.0 Å². The molecule has 1 unspecified atom stereocenters. The second kappa shape index (κ2) is 7.98. The van der Waals surface area contributed by atoms with Gasteiger partial charge in [-0.1, -0.05) is 31.4 Å². The lowest BCUT2D eigenvalue weighted by atomic mass is 9.92. The van der Waals surface area contributed by atoms with Crippen LogP contribution in [-0.2, 0) is 10.0 Å². The van der Waals surface area contributed by atoms with E-state index in [9.17, 15) is 13.5 Å². The molecule has 2 N–H and O–H groups in total. The van der Waals surface area contributed by atoms with E-state index in [4.69, 9.17) is 11.6 Å². The van der Waals surface area contributed by atoms with Gasteiger partial charge in [-0.15, -0.1) is 5.10 Å². The minimum absolute atomic E-state index is 0.0552. The lowest BCUT2D eigenvalue weighted by Gasteiger charge is -2.34. The molecule has 1 saturated carbocycles. The average Bonchev–Trinajstić information content (AvgIpc) is 3.30. The maximum absolute atomic E-state index is 11.7. The first kappa shape index (κ1) is 20.8. The quantitative estimate of drug-likeness (QED) is 0.726. The van der Waals surface area contributed by atoms with E-state index in [1.165, 1.54) is 30.0 Å². The van der Waals surface area contributed by atoms with E-state index in [1.807, 2.05) is 0 Å². The van der Waals surface area contributed by atoms with Gasteiger partial charge in [-0.3, -0.25) is 0 Å². The molecule has 0 aromatic carbocycles. The van der Waals surface area contributed by atoms with Crippen LogP contribution in [0.25, 0.3) is 5.52 Å². The predicted octanol–water partition coefficient (Wildman–Crippen LogP) is 1.88. The fourth-order valence-corrected chi connectivity index (χ4v) is 5.51. The number of nitrogens with zero attached hydrogens (tertiary/aromatic N) is 5. The second-order valence-corrected chi connectivity index (χ2v) is 10.5. The van der Waals surface area contributed by atoms with E-state index in [-0.39, 0.29) is 18.5 Å². The van der Waals surface area contributed by atoms with E-state index < -0.39 is 16.1 Å². The molecule has 2 aliphatic rings. The third-order valence-corrected chi connectivity index (χ3v) is 7.76. The molecule has 1 aliphatic carbocycles. The highest BCUT2D eigenvalue weighted by atomic mass is 35.5. The zero-order valence-electron chi connectivity index (χ0n) is 16.6. The van der Waals surface area contributed by atoms with E-state index in [1.54, 1.807) is 10.7 Å². The smallest absolute Gasteiger partial charge is 0.241 e. The number of aliphatic hydroxyl groups excluding tert-OH is 1. The summed E-state index contributed by atoms with van der Waals surface area (Å²) in [7, 11) is -3.32. The number of fused-ring (bicyclic) bond motifs is 1. The standard InChI is InChI=1S/C18H27ClN6O3S/c1-11(12-5-3-4-6-12)17-22-16(19)14-9-20-18(23-25(14)17)21-13-7-8-24(10-15(13)26)29(2,27)28/h9,11-13,15,26H,3-8,10H2,1-2H3,(H,21,23)/t11?,13-,15+/m0/s1. The van der Waals surface area contributed by atoms with Crippen LogP contribution < -0.4 is 5.32 Å². The van der Waals surface area contributed by atoms with Gasteiger partial charge in [0, 0.05) is 19.0 Å². The maximum Gasteiger partial charge on any atom is 0.241 e. The van der Waals surface area contributed by atoms with Gasteiger partial charge >= 0.3 is 0 Å². The molecule has 2 fully saturated rings. The number of sulfonamides is 1. The van der Waals surface area contributed by atoms with Crippen molar-refractivity contribution in [3.63, 3.8) is 0 Å². The van der Waals surface area contributed by atoms with Crippen molar-refractivity contribution in [3.8, 4) is 0 Å². The Morgan fingerprint density at radius 2 is 2.03 bits per heavy atom. The fourth-order valence-electron chi connectivity index (χ4n) is 4.44. The Morgan fingerprint density at radius 3 is 2.69 bits per heavy atom. The third-order valence-electron chi connectivity index (χ3n) is 6.22. The summed E-state index contributed by atoms with van der Waals surface area (Å²) >= 11 is 6.32. The van der Waals surface area contributed by atoms with Gasteiger partial charge in [-0.25, -0.2) is 22.9 Å². The van der Waals surface area contributed by atoms with Crippen molar-refractivity contribution < 1.29 is 13.5 Å². The summed E-state index contributed by atoms with van der Waals surface area (Å²) in [6.45, 7) is 2.57. The van der Waals surface area contributed by atoms with Crippen LogP contribution in [0.1, 0.15) is 50.8 Å². The van der Waals surface area contributed by atoms with Gasteiger partial charge in [0.05, 0.1) is 24.6 Å². The van der Waals surface area contributed by atoms with Gasteiger partial charge in [-0.05, 0) is 25.2 Å². The zero-order valence-corrected chi connectivity index (χ0v) is 18.2. The lowest BCUT2D eigenvalue weighted by Crippen LogP contribution is -2.51. The first-order chi connectivity index (χ1) is 13.7. The number of rotatable bonds is 5. The van der Waals surface area contributed by atoms with E-state index in [2.05, 4.69) is 27.3 Å². The highest BCUT2D eigenvalue weighted by Gasteiger charge is 2.33. The van der Waals surface area contributed by atoms with Crippen molar-refractivity contribution in [1.29, 1.82) is 0 Å². The first-order valence-corrected chi connectivity index (χ1v) is 12.3. The predicted molar refractivity (Wildman–Crippen MR) is 111 cm³/mol. The highest BCUT2D eigenvalue weighted by molar-refractivity contribution is 7.88. The Balaban J connectivity index is 1.55. The van der Waals surface area contributed by atoms with E-state index in [0.717, 1.165) is 12.1 Å². The monoisotopic (exact) mass is 442 g/mol. The van der Waals surface area contributed by atoms with Crippen molar-refractivity contribution in [2.45, 2.75) is 57.1 Å². The first-order valence-electron chi connectivity index (χ1n) is 10.0. The number of imidazole rings is 1. The molecule has 9 nitrogen and oxygen atoms in total. The number of hydrogen-bond acceptors (Lipinski definition) is 7. The van der Waals surface area contributed by atoms with Gasteiger partial charge < -0.3 is 10.4 Å². The second-order valence-electron chi connectivity index (χ2n) is 8.20. The van der Waals surface area contributed by atoms with Crippen molar-refractivity contribution in [3.05, 3.63) is 17.2 Å². The molecule has 11 heteroatoms. The molecule has 0 spiro atoms. The summed E-state index contributed by atoms with van der Waals surface area (Å²) in [5.74, 6) is 2.01. The molecule has 0 amide bonds. The summed E-state index contributed by atoms with van der Waals surface area (Å²) in [4.78, 5) is 8.87. The topological polar surface area (TPSA) is 113 Å². The van der Waals surface area contributed by atoms with Gasteiger partial charge in [-0.2, -0.15) is 4.31 Å². The number of aliphatic hydroxyl groups is 1. The maximum atomic E-state index is 11.7. The Morgan fingerprint density at radius 1 is 1.31 bits per heavy atom. The third kappa shape index (κ3) is 4.21. The van der Waals surface area contributed by atoms with Gasteiger partial charge in [0.15, 0.2) is 5.15 Å². The average molecular weight is 443 g/mol. The summed E-state index contributed by atoms with van der Waals surface area (Å²) in [5, 5.41) is 18.5. The van der Waals surface area contributed by atoms with Crippen molar-refractivity contribution >= 4 is 33.1 Å². The van der Waals surface area contributed by atoms with Crippen LogP contribution in [-0.4, -0.2) is 68.9 Å². The number of anilines is 1. The molecule has 4 rings (SSSR count). The van der Waals surface area contributed by atoms with Crippen LogP contribution in [0.2, 0.25) is 5.15 Å². The van der Waals surface area contributed by atoms with Crippen molar-refractivity contribution in [2.75, 3.05) is 24.7 Å². The number of halogens is 1. The normalized spacial score (nSPS) is 25.5. The number of β-amino-alcohol motifs (C(OH)–C–C–N with tert-alkyl or cyclic N) is 1. The molecule has 3 atom stereocenters. The van der Waals surface area contributed by atoms with Crippen LogP contribution in [0.5, 0.6) is 0 Å². The summed E-state index contributed by atoms with van der Waals surface area (Å²) in [5.41, 5.74) is 0.657. The zero-order chi connectivity index (χ0) is 20.8. The van der Waals surface area contributed by atoms with Gasteiger partial charge in [0.25, 0.3) is 0 Å². The molecule has 1 aliphatic heterocycles.